The maximum Gasteiger partial charge on any atom is 0.270 e. The highest BCUT2D eigenvalue weighted by atomic mass is 35.5. The van der Waals surface area contributed by atoms with Crippen molar-refractivity contribution < 1.29 is 14.6 Å². The summed E-state index contributed by atoms with van der Waals surface area (Å²) in [4.78, 5) is 26.5. The zero-order valence-electron chi connectivity index (χ0n) is 16.7. The van der Waals surface area contributed by atoms with Gasteiger partial charge in [-0.2, -0.15) is 0 Å². The number of halogens is 1. The maximum absolute atomic E-state index is 12.7. The molecule has 0 spiro atoms. The number of likely N-dealkylation sites (tertiary alicyclic amines) is 1. The van der Waals surface area contributed by atoms with Crippen LogP contribution in [0.15, 0.2) is 42.5 Å². The third-order valence-corrected chi connectivity index (χ3v) is 5.74. The van der Waals surface area contributed by atoms with Gasteiger partial charge in [0.1, 0.15) is 6.04 Å². The van der Waals surface area contributed by atoms with Crippen molar-refractivity contribution in [3.8, 4) is 0 Å². The lowest BCUT2D eigenvalue weighted by molar-refractivity contribution is -0.918. The molecular formula is C21H26ClN4O3+. The van der Waals surface area contributed by atoms with Crippen molar-refractivity contribution in [2.75, 3.05) is 38.6 Å². The molecule has 7 nitrogen and oxygen atoms in total. The summed E-state index contributed by atoms with van der Waals surface area (Å²) in [5.41, 5.74) is 2.43. The number of nitrogens with zero attached hydrogens (tertiary/aromatic N) is 2. The summed E-state index contributed by atoms with van der Waals surface area (Å²) in [6.07, 6.45) is 2.37. The van der Waals surface area contributed by atoms with Crippen molar-refractivity contribution in [1.82, 2.24) is 5.32 Å². The van der Waals surface area contributed by atoms with Crippen LogP contribution in [0, 0.1) is 10.1 Å². The summed E-state index contributed by atoms with van der Waals surface area (Å²) in [7, 11) is 4.01. The van der Waals surface area contributed by atoms with E-state index in [1.807, 2.05) is 14.1 Å². The monoisotopic (exact) mass is 417 g/mol. The van der Waals surface area contributed by atoms with E-state index in [-0.39, 0.29) is 28.2 Å². The van der Waals surface area contributed by atoms with Gasteiger partial charge in [-0.15, -0.1) is 0 Å². The van der Waals surface area contributed by atoms with Crippen LogP contribution in [0.2, 0.25) is 5.02 Å². The lowest BCUT2D eigenvalue weighted by Crippen LogP contribution is -3.11. The average Bonchev–Trinajstić information content (AvgIpc) is 3.22. The first-order valence-electron chi connectivity index (χ1n) is 9.71. The molecule has 1 heterocycles. The maximum atomic E-state index is 12.7. The normalized spacial score (nSPS) is 15.1. The van der Waals surface area contributed by atoms with Crippen LogP contribution in [-0.2, 0) is 0 Å². The topological polar surface area (TPSA) is 79.9 Å². The number of amides is 1. The number of nitro groups is 1. The smallest absolute Gasteiger partial charge is 0.270 e. The molecule has 0 saturated carbocycles. The second kappa shape index (κ2) is 9.24. The minimum absolute atomic E-state index is 0.0807. The lowest BCUT2D eigenvalue weighted by atomic mass is 10.0. The van der Waals surface area contributed by atoms with E-state index in [1.165, 1.54) is 41.5 Å². The molecule has 29 heavy (non-hydrogen) atoms. The number of nitro benzene ring substituents is 1. The molecule has 0 aromatic heterocycles. The molecule has 3 rings (SSSR count). The van der Waals surface area contributed by atoms with E-state index in [4.69, 9.17) is 11.6 Å². The largest absolute Gasteiger partial charge is 0.378 e. The number of rotatable bonds is 7. The summed E-state index contributed by atoms with van der Waals surface area (Å²) < 4.78 is 0. The number of hydrogen-bond donors (Lipinski definition) is 2. The zero-order valence-corrected chi connectivity index (χ0v) is 17.4. The lowest BCUT2D eigenvalue weighted by Gasteiger charge is -2.26. The van der Waals surface area contributed by atoms with Gasteiger partial charge in [0.15, 0.2) is 0 Å². The molecule has 8 heteroatoms. The molecule has 1 atom stereocenters. The second-order valence-electron chi connectivity index (χ2n) is 7.54. The number of quaternary nitrogens is 1. The molecule has 1 fully saturated rings. The van der Waals surface area contributed by atoms with E-state index < -0.39 is 4.92 Å². The highest BCUT2D eigenvalue weighted by molar-refractivity contribution is 6.34. The molecule has 0 bridgehead atoms. The number of carbonyl (C=O) groups is 1. The molecule has 2 N–H and O–H groups in total. The Balaban J connectivity index is 1.74. The minimum atomic E-state index is -0.530. The average molecular weight is 418 g/mol. The van der Waals surface area contributed by atoms with Crippen molar-refractivity contribution in [2.24, 2.45) is 0 Å². The summed E-state index contributed by atoms with van der Waals surface area (Å²) in [5, 5.41) is 13.9. The Hall–Kier alpha value is -2.64. The SMILES string of the molecule is CN(C)c1ccc([C@H](CNC(=O)c2ccc([N+](=O)[O-])cc2Cl)[NH+]2CCCC2)cc1. The van der Waals surface area contributed by atoms with Gasteiger partial charge in [-0.05, 0) is 18.2 Å². The highest BCUT2D eigenvalue weighted by Gasteiger charge is 2.28. The van der Waals surface area contributed by atoms with Crippen LogP contribution in [0.1, 0.15) is 34.8 Å². The predicted molar refractivity (Wildman–Crippen MR) is 114 cm³/mol. The van der Waals surface area contributed by atoms with Crippen LogP contribution in [0.3, 0.4) is 0 Å². The molecule has 1 aliphatic heterocycles. The highest BCUT2D eigenvalue weighted by Crippen LogP contribution is 2.23. The van der Waals surface area contributed by atoms with Crippen LogP contribution in [-0.4, -0.2) is 44.6 Å². The van der Waals surface area contributed by atoms with Crippen molar-refractivity contribution in [2.45, 2.75) is 18.9 Å². The van der Waals surface area contributed by atoms with Gasteiger partial charge in [0.05, 0.1) is 35.1 Å². The Kier molecular flexibility index (Phi) is 6.71. The minimum Gasteiger partial charge on any atom is -0.378 e. The Labute approximate surface area is 175 Å². The third-order valence-electron chi connectivity index (χ3n) is 5.43. The molecule has 0 unspecified atom stereocenters. The van der Waals surface area contributed by atoms with E-state index in [1.54, 1.807) is 0 Å². The molecule has 0 aliphatic carbocycles. The van der Waals surface area contributed by atoms with Gasteiger partial charge in [-0.3, -0.25) is 14.9 Å². The van der Waals surface area contributed by atoms with Crippen LogP contribution in [0.25, 0.3) is 0 Å². The van der Waals surface area contributed by atoms with Gasteiger partial charge in [0, 0.05) is 50.3 Å². The van der Waals surface area contributed by atoms with Gasteiger partial charge in [0.25, 0.3) is 11.6 Å². The second-order valence-corrected chi connectivity index (χ2v) is 7.94. The molecule has 1 saturated heterocycles. The molecular weight excluding hydrogens is 392 g/mol. The predicted octanol–water partition coefficient (Wildman–Crippen LogP) is 2.46. The van der Waals surface area contributed by atoms with Crippen LogP contribution >= 0.6 is 11.6 Å². The first kappa shape index (κ1) is 21.1. The third kappa shape index (κ3) is 5.05. The van der Waals surface area contributed by atoms with Crippen LogP contribution in [0.5, 0.6) is 0 Å². The van der Waals surface area contributed by atoms with Crippen molar-refractivity contribution in [3.05, 3.63) is 68.7 Å². The van der Waals surface area contributed by atoms with Crippen LogP contribution in [0.4, 0.5) is 11.4 Å². The Morgan fingerprint density at radius 1 is 1.21 bits per heavy atom. The molecule has 0 radical (unpaired) electrons. The summed E-state index contributed by atoms with van der Waals surface area (Å²) in [6.45, 7) is 2.63. The van der Waals surface area contributed by atoms with E-state index in [0.717, 1.165) is 18.8 Å². The Morgan fingerprint density at radius 3 is 2.41 bits per heavy atom. The van der Waals surface area contributed by atoms with E-state index >= 15 is 0 Å². The summed E-state index contributed by atoms with van der Waals surface area (Å²) in [6, 6.07) is 12.5. The molecule has 2 aromatic carbocycles. The molecule has 1 amide bonds. The summed E-state index contributed by atoms with van der Waals surface area (Å²) in [5.74, 6) is -0.321. The fourth-order valence-electron chi connectivity index (χ4n) is 3.77. The van der Waals surface area contributed by atoms with Crippen LogP contribution < -0.4 is 15.1 Å². The van der Waals surface area contributed by atoms with E-state index in [2.05, 4.69) is 34.5 Å². The number of nitrogens with one attached hydrogen (secondary N) is 2. The van der Waals surface area contributed by atoms with Gasteiger partial charge in [-0.1, -0.05) is 23.7 Å². The molecule has 2 aromatic rings. The van der Waals surface area contributed by atoms with E-state index in [9.17, 15) is 14.9 Å². The summed E-state index contributed by atoms with van der Waals surface area (Å²) >= 11 is 6.10. The number of hydrogen-bond acceptors (Lipinski definition) is 4. The first-order valence-corrected chi connectivity index (χ1v) is 10.1. The number of anilines is 1. The standard InChI is InChI=1S/C21H25ClN4O3/c1-24(2)16-7-5-15(6-8-16)20(25-11-3-4-12-25)14-23-21(27)18-10-9-17(26(28)29)13-19(18)22/h5-10,13,20H,3-4,11-12,14H2,1-2H3,(H,23,27)/p+1/t20-/m0/s1. The first-order chi connectivity index (χ1) is 13.9. The fourth-order valence-corrected chi connectivity index (χ4v) is 4.03. The zero-order chi connectivity index (χ0) is 21.0. The van der Waals surface area contributed by atoms with Crippen molar-refractivity contribution in [1.29, 1.82) is 0 Å². The van der Waals surface area contributed by atoms with Crippen molar-refractivity contribution in [3.63, 3.8) is 0 Å². The van der Waals surface area contributed by atoms with Gasteiger partial charge >= 0.3 is 0 Å². The van der Waals surface area contributed by atoms with E-state index in [0.29, 0.717) is 6.54 Å². The van der Waals surface area contributed by atoms with Gasteiger partial charge in [-0.25, -0.2) is 0 Å². The van der Waals surface area contributed by atoms with Gasteiger partial charge < -0.3 is 15.1 Å². The molecule has 154 valence electrons. The molecule has 1 aliphatic rings. The number of non-ortho nitro benzene ring substituents is 1. The number of carbonyl (C=O) groups excluding carboxylic acids is 1. The van der Waals surface area contributed by atoms with Crippen molar-refractivity contribution >= 4 is 28.9 Å². The fraction of sp³-hybridized carbons (Fsp3) is 0.381. The quantitative estimate of drug-likeness (QED) is 0.535. The van der Waals surface area contributed by atoms with Gasteiger partial charge in [0.2, 0.25) is 0 Å². The Morgan fingerprint density at radius 2 is 1.86 bits per heavy atom. The number of benzene rings is 2. The Bertz CT molecular complexity index is 880.